The van der Waals surface area contributed by atoms with Crippen molar-refractivity contribution >= 4 is 41.2 Å². The van der Waals surface area contributed by atoms with Crippen LogP contribution < -0.4 is 4.74 Å². The number of nitrogens with zero attached hydrogens (tertiary/aromatic N) is 4. The standard InChI is InChI=1S/C18H16Cl2N4O2S/c1-11-22-23-18(27-10-13-4-5-14(19)8-15(13)20)24(11)21-9-12-3-6-16(25)17(7-12)26-2/h3-9,25H,10H2,1-2H3/b21-9+. The van der Waals surface area contributed by atoms with Crippen molar-refractivity contribution in [3.8, 4) is 11.5 Å². The SMILES string of the molecule is COc1cc(/C=N/n2c(C)nnc2SCc2ccc(Cl)cc2Cl)ccc1O. The summed E-state index contributed by atoms with van der Waals surface area (Å²) in [5, 5.41) is 24.2. The van der Waals surface area contributed by atoms with Crippen LogP contribution in [0.15, 0.2) is 46.7 Å². The molecule has 0 saturated heterocycles. The smallest absolute Gasteiger partial charge is 0.212 e. The Balaban J connectivity index is 1.78. The number of benzene rings is 2. The number of ether oxygens (including phenoxy) is 1. The molecule has 2 aromatic carbocycles. The number of aromatic hydroxyl groups is 1. The van der Waals surface area contributed by atoms with Gasteiger partial charge in [0.15, 0.2) is 17.3 Å². The molecule has 140 valence electrons. The Morgan fingerprint density at radius 2 is 2.04 bits per heavy atom. The number of aryl methyl sites for hydroxylation is 1. The van der Waals surface area contributed by atoms with Crippen molar-refractivity contribution < 1.29 is 9.84 Å². The van der Waals surface area contributed by atoms with Gasteiger partial charge in [-0.2, -0.15) is 9.78 Å². The Hall–Kier alpha value is -2.22. The predicted molar refractivity (Wildman–Crippen MR) is 108 cm³/mol. The van der Waals surface area contributed by atoms with Crippen molar-refractivity contribution in [2.45, 2.75) is 17.8 Å². The Labute approximate surface area is 170 Å². The van der Waals surface area contributed by atoms with E-state index < -0.39 is 0 Å². The summed E-state index contributed by atoms with van der Waals surface area (Å²) in [4.78, 5) is 0. The van der Waals surface area contributed by atoms with Gasteiger partial charge in [-0.1, -0.05) is 41.0 Å². The molecule has 1 heterocycles. The number of thioether (sulfide) groups is 1. The second-order valence-corrected chi connectivity index (χ2v) is 7.33. The van der Waals surface area contributed by atoms with Crippen LogP contribution >= 0.6 is 35.0 Å². The summed E-state index contributed by atoms with van der Waals surface area (Å²) in [7, 11) is 1.50. The molecule has 0 bridgehead atoms. The number of rotatable bonds is 6. The largest absolute Gasteiger partial charge is 0.504 e. The summed E-state index contributed by atoms with van der Waals surface area (Å²) in [5.41, 5.74) is 1.72. The lowest BCUT2D eigenvalue weighted by Gasteiger charge is -2.05. The fourth-order valence-corrected chi connectivity index (χ4v) is 3.73. The van der Waals surface area contributed by atoms with Gasteiger partial charge in [0.2, 0.25) is 5.16 Å². The van der Waals surface area contributed by atoms with Crippen molar-refractivity contribution in [3.63, 3.8) is 0 Å². The van der Waals surface area contributed by atoms with Crippen LogP contribution in [0.5, 0.6) is 11.5 Å². The van der Waals surface area contributed by atoms with E-state index in [0.717, 1.165) is 11.1 Å². The molecule has 1 N–H and O–H groups in total. The van der Waals surface area contributed by atoms with E-state index >= 15 is 0 Å². The summed E-state index contributed by atoms with van der Waals surface area (Å²) >= 11 is 13.6. The molecule has 3 rings (SSSR count). The highest BCUT2D eigenvalue weighted by Crippen LogP contribution is 2.28. The third-order valence-electron chi connectivity index (χ3n) is 3.67. The van der Waals surface area contributed by atoms with E-state index in [-0.39, 0.29) is 5.75 Å². The molecule has 0 spiro atoms. The fraction of sp³-hybridized carbons (Fsp3) is 0.167. The third-order valence-corrected chi connectivity index (χ3v) is 5.22. The van der Waals surface area contributed by atoms with Gasteiger partial charge in [-0.3, -0.25) is 0 Å². The van der Waals surface area contributed by atoms with Gasteiger partial charge in [-0.15, -0.1) is 10.2 Å². The molecule has 0 fully saturated rings. The average molecular weight is 423 g/mol. The number of hydrogen-bond acceptors (Lipinski definition) is 6. The van der Waals surface area contributed by atoms with Gasteiger partial charge in [-0.05, 0) is 48.4 Å². The lowest BCUT2D eigenvalue weighted by molar-refractivity contribution is 0.373. The zero-order chi connectivity index (χ0) is 19.4. The molecule has 0 atom stereocenters. The minimum atomic E-state index is 0.0752. The molecular weight excluding hydrogens is 407 g/mol. The second-order valence-electron chi connectivity index (χ2n) is 5.54. The lowest BCUT2D eigenvalue weighted by atomic mass is 10.2. The number of hydrogen-bond donors (Lipinski definition) is 1. The van der Waals surface area contributed by atoms with Crippen molar-refractivity contribution in [1.82, 2.24) is 14.9 Å². The molecular formula is C18H16Cl2N4O2S. The van der Waals surface area contributed by atoms with E-state index in [0.29, 0.717) is 32.5 Å². The summed E-state index contributed by atoms with van der Waals surface area (Å²) in [6.45, 7) is 1.82. The molecule has 0 aliphatic rings. The van der Waals surface area contributed by atoms with Gasteiger partial charge in [-0.25, -0.2) is 0 Å². The zero-order valence-corrected chi connectivity index (χ0v) is 16.9. The second kappa shape index (κ2) is 8.65. The molecule has 0 radical (unpaired) electrons. The first-order valence-corrected chi connectivity index (χ1v) is 9.62. The van der Waals surface area contributed by atoms with Gasteiger partial charge in [0.05, 0.1) is 13.3 Å². The molecule has 9 heteroatoms. The molecule has 0 saturated carbocycles. The van der Waals surface area contributed by atoms with Crippen LogP contribution in [0.3, 0.4) is 0 Å². The molecule has 6 nitrogen and oxygen atoms in total. The number of phenols is 1. The Morgan fingerprint density at radius 1 is 1.22 bits per heavy atom. The van der Waals surface area contributed by atoms with E-state index in [1.807, 2.05) is 13.0 Å². The van der Waals surface area contributed by atoms with Gasteiger partial charge in [0.1, 0.15) is 0 Å². The van der Waals surface area contributed by atoms with Crippen LogP contribution in [0.25, 0.3) is 0 Å². The van der Waals surface area contributed by atoms with Crippen LogP contribution in [0.2, 0.25) is 10.0 Å². The molecule has 1 aromatic heterocycles. The first-order valence-electron chi connectivity index (χ1n) is 7.88. The van der Waals surface area contributed by atoms with Gasteiger partial charge < -0.3 is 9.84 Å². The number of halogens is 2. The highest BCUT2D eigenvalue weighted by atomic mass is 35.5. The topological polar surface area (TPSA) is 72.5 Å². The fourth-order valence-electron chi connectivity index (χ4n) is 2.24. The summed E-state index contributed by atoms with van der Waals surface area (Å²) in [5.74, 6) is 1.72. The quantitative estimate of drug-likeness (QED) is 0.456. The molecule has 0 amide bonds. The summed E-state index contributed by atoms with van der Waals surface area (Å²) in [6.07, 6.45) is 1.65. The van der Waals surface area contributed by atoms with Gasteiger partial charge in [0, 0.05) is 15.8 Å². The van der Waals surface area contributed by atoms with E-state index in [4.69, 9.17) is 27.9 Å². The number of phenolic OH excluding ortho intramolecular Hbond substituents is 1. The minimum absolute atomic E-state index is 0.0752. The van der Waals surface area contributed by atoms with Gasteiger partial charge in [0.25, 0.3) is 0 Å². The normalized spacial score (nSPS) is 11.3. The minimum Gasteiger partial charge on any atom is -0.504 e. The summed E-state index contributed by atoms with van der Waals surface area (Å²) in [6, 6.07) is 10.4. The van der Waals surface area contributed by atoms with Gasteiger partial charge >= 0.3 is 0 Å². The van der Waals surface area contributed by atoms with E-state index in [1.165, 1.54) is 18.9 Å². The zero-order valence-electron chi connectivity index (χ0n) is 14.6. The maximum atomic E-state index is 9.68. The van der Waals surface area contributed by atoms with Crippen molar-refractivity contribution in [3.05, 3.63) is 63.4 Å². The first-order chi connectivity index (χ1) is 13.0. The van der Waals surface area contributed by atoms with Crippen LogP contribution in [-0.4, -0.2) is 33.3 Å². The van der Waals surface area contributed by atoms with Crippen molar-refractivity contribution in [2.75, 3.05) is 7.11 Å². The maximum absolute atomic E-state index is 9.68. The van der Waals surface area contributed by atoms with Crippen LogP contribution in [0.1, 0.15) is 17.0 Å². The Kier molecular flexibility index (Phi) is 6.26. The molecule has 27 heavy (non-hydrogen) atoms. The Bertz CT molecular complexity index is 991. The highest BCUT2D eigenvalue weighted by molar-refractivity contribution is 7.98. The Morgan fingerprint density at radius 3 is 2.78 bits per heavy atom. The lowest BCUT2D eigenvalue weighted by Crippen LogP contribution is -1.97. The van der Waals surface area contributed by atoms with Crippen LogP contribution in [0, 0.1) is 6.92 Å². The van der Waals surface area contributed by atoms with Crippen molar-refractivity contribution in [2.24, 2.45) is 5.10 Å². The molecule has 0 aliphatic carbocycles. The van der Waals surface area contributed by atoms with Crippen LogP contribution in [-0.2, 0) is 5.75 Å². The van der Waals surface area contributed by atoms with E-state index in [1.54, 1.807) is 41.2 Å². The third kappa shape index (κ3) is 4.74. The average Bonchev–Trinajstić information content (AvgIpc) is 3.00. The monoisotopic (exact) mass is 422 g/mol. The van der Waals surface area contributed by atoms with E-state index in [2.05, 4.69) is 15.3 Å². The maximum Gasteiger partial charge on any atom is 0.212 e. The predicted octanol–water partition coefficient (Wildman–Crippen LogP) is 4.78. The van der Waals surface area contributed by atoms with Crippen LogP contribution in [0.4, 0.5) is 0 Å². The molecule has 0 unspecified atom stereocenters. The van der Waals surface area contributed by atoms with E-state index in [9.17, 15) is 5.11 Å². The van der Waals surface area contributed by atoms with Crippen molar-refractivity contribution in [1.29, 1.82) is 0 Å². The first kappa shape index (κ1) is 19.5. The molecule has 3 aromatic rings. The highest BCUT2D eigenvalue weighted by Gasteiger charge is 2.10. The number of aromatic nitrogens is 3. The molecule has 0 aliphatic heterocycles. The number of methoxy groups -OCH3 is 1. The summed E-state index contributed by atoms with van der Waals surface area (Å²) < 4.78 is 6.75.